The van der Waals surface area contributed by atoms with Gasteiger partial charge in [0.1, 0.15) is 5.75 Å². The first-order valence-corrected chi connectivity index (χ1v) is 10.6. The number of hydrogen-bond acceptors (Lipinski definition) is 3. The quantitative estimate of drug-likeness (QED) is 0.505. The molecule has 0 N–H and O–H groups in total. The number of aromatic nitrogens is 2. The fourth-order valence-corrected chi connectivity index (χ4v) is 3.55. The van der Waals surface area contributed by atoms with Crippen LogP contribution < -0.4 is 4.74 Å². The Morgan fingerprint density at radius 3 is 2.33 bits per heavy atom. The lowest BCUT2D eigenvalue weighted by Gasteiger charge is -2.18. The number of aryl methyl sites for hydroxylation is 3. The molecule has 30 heavy (non-hydrogen) atoms. The van der Waals surface area contributed by atoms with Crippen molar-refractivity contribution in [2.75, 3.05) is 13.1 Å². The number of rotatable bonds is 8. The number of carbonyl (C=O) groups is 1. The van der Waals surface area contributed by atoms with E-state index in [0.717, 1.165) is 41.3 Å². The average molecular weight is 406 g/mol. The summed E-state index contributed by atoms with van der Waals surface area (Å²) in [6, 6.07) is 16.2. The average Bonchev–Trinajstić information content (AvgIpc) is 3.04. The van der Waals surface area contributed by atoms with E-state index in [1.54, 1.807) is 0 Å². The molecule has 0 saturated heterocycles. The van der Waals surface area contributed by atoms with Crippen LogP contribution in [0, 0.1) is 20.8 Å². The number of ether oxygens (including phenoxy) is 1. The van der Waals surface area contributed by atoms with E-state index in [0.29, 0.717) is 18.7 Å². The van der Waals surface area contributed by atoms with E-state index in [2.05, 4.69) is 26.0 Å². The maximum atomic E-state index is 12.6. The van der Waals surface area contributed by atoms with Crippen molar-refractivity contribution in [2.24, 2.45) is 0 Å². The van der Waals surface area contributed by atoms with E-state index in [-0.39, 0.29) is 5.91 Å². The number of benzene rings is 2. The highest BCUT2D eigenvalue weighted by Crippen LogP contribution is 2.32. The maximum absolute atomic E-state index is 12.6. The molecule has 1 heterocycles. The van der Waals surface area contributed by atoms with Crippen LogP contribution in [0.15, 0.2) is 48.5 Å². The molecule has 0 aliphatic heterocycles. The molecule has 0 spiro atoms. The van der Waals surface area contributed by atoms with Crippen LogP contribution in [0.5, 0.6) is 11.6 Å². The van der Waals surface area contributed by atoms with E-state index in [1.807, 2.05) is 66.8 Å². The van der Waals surface area contributed by atoms with Crippen LogP contribution in [0.1, 0.15) is 42.7 Å². The zero-order valence-corrected chi connectivity index (χ0v) is 18.6. The molecular formula is C25H31N3O2. The van der Waals surface area contributed by atoms with Crippen molar-refractivity contribution in [1.29, 1.82) is 0 Å². The van der Waals surface area contributed by atoms with Gasteiger partial charge < -0.3 is 9.64 Å². The molecule has 1 amide bonds. The van der Waals surface area contributed by atoms with Crippen LogP contribution in [0.2, 0.25) is 0 Å². The molecule has 0 aliphatic carbocycles. The van der Waals surface area contributed by atoms with Gasteiger partial charge in [0, 0.05) is 25.1 Å². The molecule has 3 rings (SSSR count). The Kier molecular flexibility index (Phi) is 6.93. The predicted molar refractivity (Wildman–Crippen MR) is 121 cm³/mol. The van der Waals surface area contributed by atoms with E-state index in [4.69, 9.17) is 9.84 Å². The van der Waals surface area contributed by atoms with Gasteiger partial charge in [-0.1, -0.05) is 29.8 Å². The van der Waals surface area contributed by atoms with Gasteiger partial charge in [-0.05, 0) is 70.9 Å². The third-order valence-electron chi connectivity index (χ3n) is 5.32. The summed E-state index contributed by atoms with van der Waals surface area (Å²) in [7, 11) is 0. The molecule has 0 bridgehead atoms. The van der Waals surface area contributed by atoms with E-state index < -0.39 is 0 Å². The SMILES string of the molecule is CCN(CC)C(=O)CCc1c(C)nn(-c2cccc(C)c2)c1Oc1ccc(C)cc1. The zero-order valence-electron chi connectivity index (χ0n) is 18.6. The number of carbonyl (C=O) groups excluding carboxylic acids is 1. The standard InChI is InChI=1S/C25H31N3O2/c1-6-27(7-2)24(29)16-15-23-20(5)26-28(21-10-8-9-19(4)17-21)25(23)30-22-13-11-18(3)12-14-22/h8-14,17H,6-7,15-16H2,1-5H3. The van der Waals surface area contributed by atoms with Crippen LogP contribution in [0.4, 0.5) is 0 Å². The Morgan fingerprint density at radius 2 is 1.70 bits per heavy atom. The summed E-state index contributed by atoms with van der Waals surface area (Å²) in [5, 5.41) is 4.77. The van der Waals surface area contributed by atoms with Crippen LogP contribution in [-0.4, -0.2) is 33.7 Å². The Bertz CT molecular complexity index is 1000. The van der Waals surface area contributed by atoms with Crippen molar-refractivity contribution in [3.05, 3.63) is 70.9 Å². The van der Waals surface area contributed by atoms with Crippen molar-refractivity contribution >= 4 is 5.91 Å². The lowest BCUT2D eigenvalue weighted by Crippen LogP contribution is -2.30. The molecule has 3 aromatic rings. The van der Waals surface area contributed by atoms with Gasteiger partial charge in [-0.2, -0.15) is 5.10 Å². The summed E-state index contributed by atoms with van der Waals surface area (Å²) in [6.07, 6.45) is 1.03. The van der Waals surface area contributed by atoms with Crippen molar-refractivity contribution in [3.63, 3.8) is 0 Å². The monoisotopic (exact) mass is 405 g/mol. The fourth-order valence-electron chi connectivity index (χ4n) is 3.55. The Labute approximate surface area is 179 Å². The van der Waals surface area contributed by atoms with Gasteiger partial charge in [0.05, 0.1) is 11.4 Å². The molecule has 1 aromatic heterocycles. The second kappa shape index (κ2) is 9.61. The number of nitrogens with zero attached hydrogens (tertiary/aromatic N) is 3. The van der Waals surface area contributed by atoms with Gasteiger partial charge in [0.2, 0.25) is 11.8 Å². The molecule has 0 unspecified atom stereocenters. The highest BCUT2D eigenvalue weighted by Gasteiger charge is 2.21. The van der Waals surface area contributed by atoms with Gasteiger partial charge in [0.15, 0.2) is 0 Å². The third kappa shape index (κ3) is 4.90. The molecule has 0 aliphatic rings. The van der Waals surface area contributed by atoms with Gasteiger partial charge in [-0.15, -0.1) is 0 Å². The van der Waals surface area contributed by atoms with Crippen LogP contribution >= 0.6 is 0 Å². The van der Waals surface area contributed by atoms with E-state index in [1.165, 1.54) is 5.56 Å². The van der Waals surface area contributed by atoms with Gasteiger partial charge in [-0.25, -0.2) is 4.68 Å². The summed E-state index contributed by atoms with van der Waals surface area (Å²) < 4.78 is 8.18. The van der Waals surface area contributed by atoms with Gasteiger partial charge in [-0.3, -0.25) is 4.79 Å². The summed E-state index contributed by atoms with van der Waals surface area (Å²) in [5.41, 5.74) is 5.13. The Balaban J connectivity index is 1.98. The van der Waals surface area contributed by atoms with E-state index >= 15 is 0 Å². The molecule has 0 radical (unpaired) electrons. The van der Waals surface area contributed by atoms with Crippen molar-refractivity contribution in [3.8, 4) is 17.3 Å². The summed E-state index contributed by atoms with van der Waals surface area (Å²) >= 11 is 0. The molecule has 0 saturated carbocycles. The Hall–Kier alpha value is -3.08. The molecule has 5 nitrogen and oxygen atoms in total. The molecule has 0 fully saturated rings. The fraction of sp³-hybridized carbons (Fsp3) is 0.360. The van der Waals surface area contributed by atoms with Gasteiger partial charge >= 0.3 is 0 Å². The smallest absolute Gasteiger partial charge is 0.226 e. The second-order valence-corrected chi connectivity index (χ2v) is 7.60. The summed E-state index contributed by atoms with van der Waals surface area (Å²) in [4.78, 5) is 14.4. The van der Waals surface area contributed by atoms with Crippen molar-refractivity contribution in [1.82, 2.24) is 14.7 Å². The van der Waals surface area contributed by atoms with Crippen molar-refractivity contribution in [2.45, 2.75) is 47.5 Å². The second-order valence-electron chi connectivity index (χ2n) is 7.60. The first-order chi connectivity index (χ1) is 14.4. The summed E-state index contributed by atoms with van der Waals surface area (Å²) in [6.45, 7) is 11.6. The zero-order chi connectivity index (χ0) is 21.7. The highest BCUT2D eigenvalue weighted by molar-refractivity contribution is 5.76. The van der Waals surface area contributed by atoms with Crippen LogP contribution in [0.3, 0.4) is 0 Å². The molecule has 5 heteroatoms. The minimum absolute atomic E-state index is 0.156. The van der Waals surface area contributed by atoms with Gasteiger partial charge in [0.25, 0.3) is 0 Å². The van der Waals surface area contributed by atoms with Crippen LogP contribution in [0.25, 0.3) is 5.69 Å². The lowest BCUT2D eigenvalue weighted by atomic mass is 10.1. The number of amides is 1. The molecule has 0 atom stereocenters. The Morgan fingerprint density at radius 1 is 1.00 bits per heavy atom. The lowest BCUT2D eigenvalue weighted by molar-refractivity contribution is -0.130. The first kappa shape index (κ1) is 21.6. The summed E-state index contributed by atoms with van der Waals surface area (Å²) in [5.74, 6) is 1.59. The molecule has 2 aromatic carbocycles. The largest absolute Gasteiger partial charge is 0.439 e. The predicted octanol–water partition coefficient (Wildman–Crippen LogP) is 5.39. The topological polar surface area (TPSA) is 47.4 Å². The minimum atomic E-state index is 0.156. The highest BCUT2D eigenvalue weighted by atomic mass is 16.5. The van der Waals surface area contributed by atoms with Crippen LogP contribution in [-0.2, 0) is 11.2 Å². The third-order valence-corrected chi connectivity index (χ3v) is 5.32. The molecular weight excluding hydrogens is 374 g/mol. The van der Waals surface area contributed by atoms with E-state index in [9.17, 15) is 4.79 Å². The maximum Gasteiger partial charge on any atom is 0.226 e. The first-order valence-electron chi connectivity index (χ1n) is 10.6. The normalized spacial score (nSPS) is 10.8. The molecule has 158 valence electrons. The minimum Gasteiger partial charge on any atom is -0.439 e. The van der Waals surface area contributed by atoms with Crippen molar-refractivity contribution < 1.29 is 9.53 Å². The number of hydrogen-bond donors (Lipinski definition) is 0.